The Bertz CT molecular complexity index is 945. The molecule has 0 aliphatic heterocycles. The fourth-order valence-corrected chi connectivity index (χ4v) is 3.35. The number of nitrogens with zero attached hydrogens (tertiary/aromatic N) is 5. The molecule has 0 saturated heterocycles. The van der Waals surface area contributed by atoms with Crippen LogP contribution in [0.2, 0.25) is 0 Å². The van der Waals surface area contributed by atoms with Crippen LogP contribution in [0.4, 0.5) is 0 Å². The van der Waals surface area contributed by atoms with Gasteiger partial charge in [-0.3, -0.25) is 4.79 Å². The van der Waals surface area contributed by atoms with Gasteiger partial charge in [0.25, 0.3) is 0 Å². The second-order valence-corrected chi connectivity index (χ2v) is 7.39. The summed E-state index contributed by atoms with van der Waals surface area (Å²) in [5, 5.41) is 11.8. The number of amides is 1. The maximum Gasteiger partial charge on any atom is 0.244 e. The Kier molecular flexibility index (Phi) is 6.41. The van der Waals surface area contributed by atoms with Gasteiger partial charge in [0.15, 0.2) is 5.82 Å². The van der Waals surface area contributed by atoms with E-state index in [4.69, 9.17) is 4.74 Å². The molecule has 0 radical (unpaired) electrons. The number of carbonyl (C=O) groups excluding carboxylic acids is 1. The summed E-state index contributed by atoms with van der Waals surface area (Å²) in [6.07, 6.45) is 0.459. The monoisotopic (exact) mass is 443 g/mol. The number of ether oxygens (including phenoxy) is 1. The predicted molar refractivity (Wildman–Crippen MR) is 109 cm³/mol. The van der Waals surface area contributed by atoms with Crippen molar-refractivity contribution in [2.24, 2.45) is 0 Å². The van der Waals surface area contributed by atoms with E-state index in [1.165, 1.54) is 4.68 Å². The summed E-state index contributed by atoms with van der Waals surface area (Å²) in [4.78, 5) is 14.5. The quantitative estimate of drug-likeness (QED) is 0.560. The predicted octanol–water partition coefficient (Wildman–Crippen LogP) is 3.25. The van der Waals surface area contributed by atoms with Crippen LogP contribution in [0.1, 0.15) is 29.9 Å². The molecule has 0 spiro atoms. The fourth-order valence-electron chi connectivity index (χ4n) is 2.94. The Balaban J connectivity index is 1.73. The molecule has 0 saturated carbocycles. The maximum atomic E-state index is 12.8. The number of aromatic nitrogens is 4. The van der Waals surface area contributed by atoms with E-state index in [1.807, 2.05) is 55.5 Å². The summed E-state index contributed by atoms with van der Waals surface area (Å²) in [6, 6.07) is 15.6. The van der Waals surface area contributed by atoms with Gasteiger partial charge in [-0.2, -0.15) is 0 Å². The van der Waals surface area contributed by atoms with E-state index in [-0.39, 0.29) is 18.5 Å². The molecule has 1 amide bonds. The number of carbonyl (C=O) groups is 1. The van der Waals surface area contributed by atoms with Crippen molar-refractivity contribution in [3.05, 3.63) is 70.0 Å². The molecule has 3 aromatic rings. The first-order valence-electron chi connectivity index (χ1n) is 8.87. The van der Waals surface area contributed by atoms with E-state index >= 15 is 0 Å². The van der Waals surface area contributed by atoms with Gasteiger partial charge in [-0.05, 0) is 41.1 Å². The van der Waals surface area contributed by atoms with Crippen LogP contribution >= 0.6 is 15.9 Å². The van der Waals surface area contributed by atoms with Gasteiger partial charge in [-0.15, -0.1) is 5.10 Å². The van der Waals surface area contributed by atoms with E-state index in [2.05, 4.69) is 31.5 Å². The summed E-state index contributed by atoms with van der Waals surface area (Å²) >= 11 is 3.47. The highest BCUT2D eigenvalue weighted by Crippen LogP contribution is 2.25. The van der Waals surface area contributed by atoms with E-state index in [9.17, 15) is 4.79 Å². The first-order valence-corrected chi connectivity index (χ1v) is 9.67. The van der Waals surface area contributed by atoms with E-state index in [0.29, 0.717) is 12.2 Å². The molecule has 3 rings (SSSR count). The number of tetrazole rings is 1. The molecule has 1 atom stereocenters. The molecule has 2 aromatic carbocycles. The summed E-state index contributed by atoms with van der Waals surface area (Å²) < 4.78 is 7.89. The van der Waals surface area contributed by atoms with Crippen molar-refractivity contribution in [2.75, 3.05) is 14.2 Å². The highest BCUT2D eigenvalue weighted by atomic mass is 79.9. The zero-order valence-corrected chi connectivity index (χ0v) is 17.6. The molecule has 1 heterocycles. The second kappa shape index (κ2) is 8.97. The Hall–Kier alpha value is -2.74. The number of methoxy groups -OCH3 is 1. The van der Waals surface area contributed by atoms with Crippen LogP contribution in [0.3, 0.4) is 0 Å². The largest absolute Gasteiger partial charge is 0.496 e. The van der Waals surface area contributed by atoms with Crippen molar-refractivity contribution in [1.29, 1.82) is 0 Å². The van der Waals surface area contributed by atoms with E-state index < -0.39 is 0 Å². The standard InChI is InChI=1S/C20H22BrN5O2/c1-14(15-7-5-4-6-8-15)25(2)20(27)13-26-19(22-23-24-26)12-16-11-17(21)9-10-18(16)28-3/h4-11,14H,12-13H2,1-3H3/t14-/m1/s1. The van der Waals surface area contributed by atoms with Gasteiger partial charge < -0.3 is 9.64 Å². The molecule has 0 unspecified atom stereocenters. The maximum absolute atomic E-state index is 12.8. The average molecular weight is 444 g/mol. The van der Waals surface area contributed by atoms with Gasteiger partial charge in [0.05, 0.1) is 13.2 Å². The molecule has 0 bridgehead atoms. The van der Waals surface area contributed by atoms with Gasteiger partial charge in [0.1, 0.15) is 12.3 Å². The SMILES string of the molecule is COc1ccc(Br)cc1Cc1nnnn1CC(=O)N(C)[C@H](C)c1ccccc1. The summed E-state index contributed by atoms with van der Waals surface area (Å²) in [6.45, 7) is 2.08. The molecular formula is C20H22BrN5O2. The van der Waals surface area contributed by atoms with Gasteiger partial charge in [-0.25, -0.2) is 4.68 Å². The lowest BCUT2D eigenvalue weighted by molar-refractivity contribution is -0.132. The third kappa shape index (κ3) is 4.56. The zero-order chi connectivity index (χ0) is 20.1. The van der Waals surface area contributed by atoms with Crippen LogP contribution < -0.4 is 4.74 Å². The molecule has 0 aliphatic carbocycles. The number of hydrogen-bond donors (Lipinski definition) is 0. The number of halogens is 1. The summed E-state index contributed by atoms with van der Waals surface area (Å²) in [5.74, 6) is 1.29. The Morgan fingerprint density at radius 2 is 2.00 bits per heavy atom. The minimum atomic E-state index is -0.0638. The van der Waals surface area contributed by atoms with Crippen LogP contribution in [-0.2, 0) is 17.8 Å². The zero-order valence-electron chi connectivity index (χ0n) is 16.0. The molecule has 0 aliphatic rings. The van der Waals surface area contributed by atoms with Gasteiger partial charge >= 0.3 is 0 Å². The van der Waals surface area contributed by atoms with Crippen LogP contribution in [0, 0.1) is 0 Å². The van der Waals surface area contributed by atoms with Crippen molar-refractivity contribution in [2.45, 2.75) is 25.9 Å². The lowest BCUT2D eigenvalue weighted by Gasteiger charge is -2.25. The van der Waals surface area contributed by atoms with Crippen LogP contribution in [0.15, 0.2) is 53.0 Å². The highest BCUT2D eigenvalue weighted by Gasteiger charge is 2.20. The van der Waals surface area contributed by atoms with Gasteiger partial charge in [-0.1, -0.05) is 46.3 Å². The van der Waals surface area contributed by atoms with E-state index in [1.54, 1.807) is 19.1 Å². The molecule has 0 fully saturated rings. The Morgan fingerprint density at radius 3 is 2.71 bits per heavy atom. The molecule has 146 valence electrons. The Labute approximate surface area is 172 Å². The molecule has 8 heteroatoms. The van der Waals surface area contributed by atoms with Crippen LogP contribution in [0.25, 0.3) is 0 Å². The third-order valence-electron chi connectivity index (χ3n) is 4.74. The average Bonchev–Trinajstić information content (AvgIpc) is 3.14. The molecule has 0 N–H and O–H groups in total. The van der Waals surface area contributed by atoms with Crippen molar-refractivity contribution < 1.29 is 9.53 Å². The minimum Gasteiger partial charge on any atom is -0.496 e. The van der Waals surface area contributed by atoms with Crippen LogP contribution in [0.5, 0.6) is 5.75 Å². The molecule has 7 nitrogen and oxygen atoms in total. The smallest absolute Gasteiger partial charge is 0.244 e. The first kappa shape index (κ1) is 20.0. The number of hydrogen-bond acceptors (Lipinski definition) is 5. The number of benzene rings is 2. The van der Waals surface area contributed by atoms with Crippen LogP contribution in [-0.4, -0.2) is 45.2 Å². The van der Waals surface area contributed by atoms with Crippen molar-refractivity contribution in [3.63, 3.8) is 0 Å². The first-order chi connectivity index (χ1) is 13.5. The van der Waals surface area contributed by atoms with Crippen molar-refractivity contribution >= 4 is 21.8 Å². The number of likely N-dealkylation sites (N-methyl/N-ethyl adjacent to an activating group) is 1. The van der Waals surface area contributed by atoms with Crippen molar-refractivity contribution in [3.8, 4) is 5.75 Å². The summed E-state index contributed by atoms with van der Waals surface area (Å²) in [5.41, 5.74) is 2.01. The molecular weight excluding hydrogens is 422 g/mol. The number of rotatable bonds is 7. The summed E-state index contributed by atoms with van der Waals surface area (Å²) in [7, 11) is 3.42. The lowest BCUT2D eigenvalue weighted by Crippen LogP contribution is -2.33. The minimum absolute atomic E-state index is 0.0428. The topological polar surface area (TPSA) is 73.1 Å². The third-order valence-corrected chi connectivity index (χ3v) is 5.23. The molecule has 28 heavy (non-hydrogen) atoms. The second-order valence-electron chi connectivity index (χ2n) is 6.48. The Morgan fingerprint density at radius 1 is 1.25 bits per heavy atom. The normalized spacial score (nSPS) is 11.9. The van der Waals surface area contributed by atoms with Gasteiger partial charge in [0.2, 0.25) is 5.91 Å². The lowest BCUT2D eigenvalue weighted by atomic mass is 10.1. The van der Waals surface area contributed by atoms with Gasteiger partial charge in [0, 0.05) is 23.5 Å². The fraction of sp³-hybridized carbons (Fsp3) is 0.300. The highest BCUT2D eigenvalue weighted by molar-refractivity contribution is 9.10. The van der Waals surface area contributed by atoms with Crippen molar-refractivity contribution in [1.82, 2.24) is 25.1 Å². The molecule has 1 aromatic heterocycles. The van der Waals surface area contributed by atoms with E-state index in [0.717, 1.165) is 21.3 Å².